The summed E-state index contributed by atoms with van der Waals surface area (Å²) in [5, 5.41) is 0. The highest BCUT2D eigenvalue weighted by atomic mass is 32.1. The summed E-state index contributed by atoms with van der Waals surface area (Å²) in [5.74, 6) is 2.03. The maximum Gasteiger partial charge on any atom is 0.235 e. The van der Waals surface area contributed by atoms with E-state index in [0.717, 1.165) is 32.4 Å². The Labute approximate surface area is 115 Å². The minimum atomic E-state index is -0.519. The molecule has 0 spiro atoms. The summed E-state index contributed by atoms with van der Waals surface area (Å²) in [4.78, 5) is 15.1. The summed E-state index contributed by atoms with van der Waals surface area (Å²) in [5.41, 5.74) is 5.33. The average molecular weight is 268 g/mol. The quantitative estimate of drug-likeness (QED) is 0.781. The first-order valence-corrected chi connectivity index (χ1v) is 7.37. The van der Waals surface area contributed by atoms with E-state index in [9.17, 15) is 4.79 Å². The zero-order valence-electron chi connectivity index (χ0n) is 11.6. The molecule has 2 rings (SSSR count). The first kappa shape index (κ1) is 13.8. The van der Waals surface area contributed by atoms with Crippen LogP contribution in [0.15, 0.2) is 0 Å². The van der Waals surface area contributed by atoms with E-state index in [1.807, 2.05) is 4.90 Å². The van der Waals surface area contributed by atoms with E-state index in [1.165, 1.54) is 0 Å². The van der Waals surface area contributed by atoms with Crippen LogP contribution in [0.1, 0.15) is 40.0 Å². The summed E-state index contributed by atoms with van der Waals surface area (Å²) >= 11 is 5.16. The molecule has 18 heavy (non-hydrogen) atoms. The van der Waals surface area contributed by atoms with Gasteiger partial charge in [0.25, 0.3) is 0 Å². The lowest BCUT2D eigenvalue weighted by molar-refractivity contribution is -0.146. The Kier molecular flexibility index (Phi) is 3.67. The van der Waals surface area contributed by atoms with Gasteiger partial charge in [0, 0.05) is 13.1 Å². The normalized spacial score (nSPS) is 40.2. The van der Waals surface area contributed by atoms with Crippen molar-refractivity contribution in [3.05, 3.63) is 0 Å². The van der Waals surface area contributed by atoms with Crippen molar-refractivity contribution in [3.63, 3.8) is 0 Å². The van der Waals surface area contributed by atoms with Gasteiger partial charge in [0.15, 0.2) is 0 Å². The Hall–Kier alpha value is -0.640. The van der Waals surface area contributed by atoms with Crippen molar-refractivity contribution in [2.24, 2.45) is 28.9 Å². The van der Waals surface area contributed by atoms with Crippen LogP contribution < -0.4 is 5.73 Å². The molecule has 2 aliphatic rings. The molecule has 1 aliphatic heterocycles. The van der Waals surface area contributed by atoms with Gasteiger partial charge in [-0.25, -0.2) is 0 Å². The number of hydrogen-bond acceptors (Lipinski definition) is 2. The maximum atomic E-state index is 12.7. The molecule has 1 saturated carbocycles. The summed E-state index contributed by atoms with van der Waals surface area (Å²) in [6.07, 6.45) is 2.76. The van der Waals surface area contributed by atoms with Crippen molar-refractivity contribution >= 4 is 23.1 Å². The second kappa shape index (κ2) is 4.80. The fourth-order valence-corrected chi connectivity index (χ4v) is 3.62. The number of amides is 1. The van der Waals surface area contributed by atoms with Crippen molar-refractivity contribution in [1.29, 1.82) is 0 Å². The lowest BCUT2D eigenvalue weighted by Gasteiger charge is -2.48. The number of thiocarbonyl (C=S) groups is 1. The first-order chi connectivity index (χ1) is 8.36. The maximum absolute atomic E-state index is 12.7. The third-order valence-corrected chi connectivity index (χ3v) is 5.29. The SMILES string of the molecule is CC1CC(C(=O)N2CCC(C)C(C)C2)(C(N)=S)C1. The molecule has 1 heterocycles. The van der Waals surface area contributed by atoms with Crippen LogP contribution in [0.2, 0.25) is 0 Å². The predicted molar refractivity (Wildman–Crippen MR) is 77.1 cm³/mol. The summed E-state index contributed by atoms with van der Waals surface area (Å²) in [6, 6.07) is 0. The molecule has 2 N–H and O–H groups in total. The fourth-order valence-electron chi connectivity index (χ4n) is 3.36. The smallest absolute Gasteiger partial charge is 0.235 e. The van der Waals surface area contributed by atoms with Gasteiger partial charge in [-0.3, -0.25) is 4.79 Å². The Balaban J connectivity index is 2.09. The van der Waals surface area contributed by atoms with Gasteiger partial charge in [-0.1, -0.05) is 33.0 Å². The minimum absolute atomic E-state index is 0.187. The van der Waals surface area contributed by atoms with E-state index < -0.39 is 5.41 Å². The monoisotopic (exact) mass is 268 g/mol. The highest BCUT2D eigenvalue weighted by Gasteiger charge is 2.52. The van der Waals surface area contributed by atoms with Gasteiger partial charge in [-0.05, 0) is 37.0 Å². The van der Waals surface area contributed by atoms with Crippen LogP contribution in [0.3, 0.4) is 0 Å². The van der Waals surface area contributed by atoms with Crippen molar-refractivity contribution in [1.82, 2.24) is 4.90 Å². The summed E-state index contributed by atoms with van der Waals surface area (Å²) < 4.78 is 0. The average Bonchev–Trinajstić information content (AvgIpc) is 2.27. The van der Waals surface area contributed by atoms with Gasteiger partial charge in [-0.2, -0.15) is 0 Å². The molecule has 3 nitrogen and oxygen atoms in total. The summed E-state index contributed by atoms with van der Waals surface area (Å²) in [6.45, 7) is 8.37. The van der Waals surface area contributed by atoms with Gasteiger partial charge in [0.2, 0.25) is 5.91 Å². The molecule has 1 aliphatic carbocycles. The third kappa shape index (κ3) is 2.15. The molecular formula is C14H24N2OS. The van der Waals surface area contributed by atoms with Crippen LogP contribution in [-0.4, -0.2) is 28.9 Å². The van der Waals surface area contributed by atoms with Gasteiger partial charge in [0.1, 0.15) is 0 Å². The minimum Gasteiger partial charge on any atom is -0.392 e. The molecule has 0 bridgehead atoms. The zero-order chi connectivity index (χ0) is 13.5. The second-order valence-electron chi connectivity index (χ2n) is 6.45. The fraction of sp³-hybridized carbons (Fsp3) is 0.857. The number of nitrogens with two attached hydrogens (primary N) is 1. The van der Waals surface area contributed by atoms with Crippen LogP contribution in [0.25, 0.3) is 0 Å². The molecule has 0 aromatic heterocycles. The lowest BCUT2D eigenvalue weighted by atomic mass is 9.61. The van der Waals surface area contributed by atoms with Crippen LogP contribution >= 0.6 is 12.2 Å². The Morgan fingerprint density at radius 3 is 2.33 bits per heavy atom. The highest BCUT2D eigenvalue weighted by Crippen LogP contribution is 2.47. The second-order valence-corrected chi connectivity index (χ2v) is 6.89. The largest absolute Gasteiger partial charge is 0.392 e. The molecular weight excluding hydrogens is 244 g/mol. The number of hydrogen-bond donors (Lipinski definition) is 1. The molecule has 1 saturated heterocycles. The van der Waals surface area contributed by atoms with Crippen molar-refractivity contribution in [3.8, 4) is 0 Å². The molecule has 2 unspecified atom stereocenters. The Morgan fingerprint density at radius 1 is 1.28 bits per heavy atom. The number of carbonyl (C=O) groups excluding carboxylic acids is 1. The lowest BCUT2D eigenvalue weighted by Crippen LogP contribution is -2.58. The van der Waals surface area contributed by atoms with E-state index in [1.54, 1.807) is 0 Å². The van der Waals surface area contributed by atoms with Crippen molar-refractivity contribution in [2.75, 3.05) is 13.1 Å². The van der Waals surface area contributed by atoms with Gasteiger partial charge in [0.05, 0.1) is 10.4 Å². The van der Waals surface area contributed by atoms with Gasteiger partial charge in [-0.15, -0.1) is 0 Å². The van der Waals surface area contributed by atoms with E-state index >= 15 is 0 Å². The molecule has 0 aromatic rings. The van der Waals surface area contributed by atoms with Gasteiger partial charge >= 0.3 is 0 Å². The molecule has 0 radical (unpaired) electrons. The first-order valence-electron chi connectivity index (χ1n) is 6.96. The number of carbonyl (C=O) groups is 1. The van der Waals surface area contributed by atoms with Crippen LogP contribution in [-0.2, 0) is 4.79 Å². The van der Waals surface area contributed by atoms with Gasteiger partial charge < -0.3 is 10.6 Å². The highest BCUT2D eigenvalue weighted by molar-refractivity contribution is 7.80. The Bertz CT molecular complexity index is 363. The standard InChI is InChI=1S/C14H24N2OS/c1-9-6-14(7-9,12(15)18)13(17)16-5-4-10(2)11(3)8-16/h9-11H,4-8H2,1-3H3,(H2,15,18). The van der Waals surface area contributed by atoms with E-state index in [4.69, 9.17) is 18.0 Å². The predicted octanol–water partition coefficient (Wildman–Crippen LogP) is 2.19. The summed E-state index contributed by atoms with van der Waals surface area (Å²) in [7, 11) is 0. The molecule has 1 amide bonds. The van der Waals surface area contributed by atoms with E-state index in [-0.39, 0.29) is 5.91 Å². The number of rotatable bonds is 2. The van der Waals surface area contributed by atoms with Crippen LogP contribution in [0.4, 0.5) is 0 Å². The molecule has 4 heteroatoms. The number of likely N-dealkylation sites (tertiary alicyclic amines) is 1. The molecule has 102 valence electrons. The van der Waals surface area contributed by atoms with Crippen molar-refractivity contribution in [2.45, 2.75) is 40.0 Å². The van der Waals surface area contributed by atoms with Crippen LogP contribution in [0, 0.1) is 23.2 Å². The number of nitrogens with zero attached hydrogens (tertiary/aromatic N) is 1. The van der Waals surface area contributed by atoms with Crippen LogP contribution in [0.5, 0.6) is 0 Å². The molecule has 2 atom stereocenters. The van der Waals surface area contributed by atoms with Crippen molar-refractivity contribution < 1.29 is 4.79 Å². The molecule has 2 fully saturated rings. The third-order valence-electron chi connectivity index (χ3n) is 4.90. The number of piperidine rings is 1. The van der Waals surface area contributed by atoms with E-state index in [0.29, 0.717) is 22.7 Å². The topological polar surface area (TPSA) is 46.3 Å². The van der Waals surface area contributed by atoms with E-state index in [2.05, 4.69) is 20.8 Å². The zero-order valence-corrected chi connectivity index (χ0v) is 12.4. The Morgan fingerprint density at radius 2 is 1.89 bits per heavy atom. The molecule has 0 aromatic carbocycles.